The molecule has 0 saturated heterocycles. The van der Waals surface area contributed by atoms with Crippen molar-refractivity contribution in [2.45, 2.75) is 25.3 Å². The summed E-state index contributed by atoms with van der Waals surface area (Å²) in [6.45, 7) is 0. The number of aliphatic carboxylic acids is 1. The van der Waals surface area contributed by atoms with Crippen LogP contribution in [0.25, 0.3) is 11.5 Å². The molecule has 1 aliphatic rings. The number of hydrogen-bond acceptors (Lipinski definition) is 4. The molecule has 0 aliphatic heterocycles. The van der Waals surface area contributed by atoms with Crippen LogP contribution in [0.4, 0.5) is 0 Å². The standard InChI is InChI=1S/C14H15N3O4/c18-13(15-9-4-1-3-8(9)14(19)20)11-7-10(16-17-11)12-5-2-6-21-12/h2,5-9H,1,3-4H2,(H,15,18)(H,16,17)(H,19,20)/t8-,9+/m1/s1. The Morgan fingerprint density at radius 1 is 1.43 bits per heavy atom. The van der Waals surface area contributed by atoms with Gasteiger partial charge in [-0.05, 0) is 25.0 Å². The summed E-state index contributed by atoms with van der Waals surface area (Å²) in [4.78, 5) is 23.2. The lowest BCUT2D eigenvalue weighted by atomic mass is 10.0. The quantitative estimate of drug-likeness (QED) is 0.793. The Labute approximate surface area is 120 Å². The highest BCUT2D eigenvalue weighted by molar-refractivity contribution is 5.93. The zero-order valence-electron chi connectivity index (χ0n) is 11.2. The summed E-state index contributed by atoms with van der Waals surface area (Å²) in [7, 11) is 0. The minimum Gasteiger partial charge on any atom is -0.481 e. The van der Waals surface area contributed by atoms with Gasteiger partial charge in [0.1, 0.15) is 5.69 Å². The van der Waals surface area contributed by atoms with E-state index < -0.39 is 11.9 Å². The van der Waals surface area contributed by atoms with Crippen molar-refractivity contribution < 1.29 is 19.1 Å². The predicted octanol–water partition coefficient (Wildman–Crippen LogP) is 1.65. The van der Waals surface area contributed by atoms with Crippen molar-refractivity contribution in [3.63, 3.8) is 0 Å². The maximum atomic E-state index is 12.1. The van der Waals surface area contributed by atoms with Crippen molar-refractivity contribution in [1.82, 2.24) is 15.5 Å². The molecule has 2 aromatic rings. The number of H-pyrrole nitrogens is 1. The van der Waals surface area contributed by atoms with Crippen LogP contribution in [0, 0.1) is 5.92 Å². The van der Waals surface area contributed by atoms with Crippen LogP contribution in [0.2, 0.25) is 0 Å². The van der Waals surface area contributed by atoms with Gasteiger partial charge in [0, 0.05) is 12.1 Å². The summed E-state index contributed by atoms with van der Waals surface area (Å²) >= 11 is 0. The Morgan fingerprint density at radius 3 is 3.00 bits per heavy atom. The minimum atomic E-state index is -0.865. The third-order valence-corrected chi connectivity index (χ3v) is 3.75. The Kier molecular flexibility index (Phi) is 3.47. The monoisotopic (exact) mass is 289 g/mol. The van der Waals surface area contributed by atoms with Crippen molar-refractivity contribution in [2.75, 3.05) is 0 Å². The van der Waals surface area contributed by atoms with Crippen molar-refractivity contribution in [3.8, 4) is 11.5 Å². The first-order valence-electron chi connectivity index (χ1n) is 6.78. The van der Waals surface area contributed by atoms with Gasteiger partial charge in [-0.2, -0.15) is 5.10 Å². The Hall–Kier alpha value is -2.57. The molecule has 110 valence electrons. The lowest BCUT2D eigenvalue weighted by Crippen LogP contribution is -2.40. The van der Waals surface area contributed by atoms with Crippen LogP contribution >= 0.6 is 0 Å². The van der Waals surface area contributed by atoms with Crippen LogP contribution in [0.1, 0.15) is 29.8 Å². The number of nitrogens with one attached hydrogen (secondary N) is 2. The van der Waals surface area contributed by atoms with Gasteiger partial charge in [-0.3, -0.25) is 14.7 Å². The molecule has 0 radical (unpaired) electrons. The van der Waals surface area contributed by atoms with Crippen molar-refractivity contribution in [2.24, 2.45) is 5.92 Å². The molecule has 3 N–H and O–H groups in total. The lowest BCUT2D eigenvalue weighted by Gasteiger charge is -2.16. The highest BCUT2D eigenvalue weighted by Crippen LogP contribution is 2.26. The van der Waals surface area contributed by atoms with Gasteiger partial charge in [0.2, 0.25) is 0 Å². The van der Waals surface area contributed by atoms with Crippen molar-refractivity contribution in [3.05, 3.63) is 30.2 Å². The summed E-state index contributed by atoms with van der Waals surface area (Å²) < 4.78 is 5.21. The summed E-state index contributed by atoms with van der Waals surface area (Å²) in [6, 6.07) is 4.75. The van der Waals surface area contributed by atoms with E-state index in [2.05, 4.69) is 15.5 Å². The molecule has 0 unspecified atom stereocenters. The molecule has 3 rings (SSSR count). The Morgan fingerprint density at radius 2 is 2.29 bits per heavy atom. The van der Waals surface area contributed by atoms with Crippen LogP contribution in [0.5, 0.6) is 0 Å². The zero-order valence-corrected chi connectivity index (χ0v) is 11.2. The fourth-order valence-corrected chi connectivity index (χ4v) is 2.67. The third-order valence-electron chi connectivity index (χ3n) is 3.75. The summed E-state index contributed by atoms with van der Waals surface area (Å²) in [6.07, 6.45) is 3.61. The van der Waals surface area contributed by atoms with E-state index >= 15 is 0 Å². The van der Waals surface area contributed by atoms with Crippen molar-refractivity contribution >= 4 is 11.9 Å². The van der Waals surface area contributed by atoms with Gasteiger partial charge in [0.15, 0.2) is 11.5 Å². The van der Waals surface area contributed by atoms with Crippen LogP contribution in [0.15, 0.2) is 28.9 Å². The van der Waals surface area contributed by atoms with Crippen LogP contribution in [0.3, 0.4) is 0 Å². The van der Waals surface area contributed by atoms with E-state index in [1.807, 2.05) is 0 Å². The lowest BCUT2D eigenvalue weighted by molar-refractivity contribution is -0.142. The number of furan rings is 1. The van der Waals surface area contributed by atoms with Crippen LogP contribution < -0.4 is 5.32 Å². The van der Waals surface area contributed by atoms with Gasteiger partial charge in [0.25, 0.3) is 5.91 Å². The summed E-state index contributed by atoms with van der Waals surface area (Å²) in [5.41, 5.74) is 0.823. The molecule has 0 bridgehead atoms. The fourth-order valence-electron chi connectivity index (χ4n) is 2.67. The molecule has 2 atom stereocenters. The maximum Gasteiger partial charge on any atom is 0.308 e. The second-order valence-electron chi connectivity index (χ2n) is 5.10. The van der Waals surface area contributed by atoms with Gasteiger partial charge in [-0.25, -0.2) is 0 Å². The molecular formula is C14H15N3O4. The first kappa shape index (κ1) is 13.4. The molecule has 0 aromatic carbocycles. The average Bonchev–Trinajstić information content (AvgIpc) is 3.19. The number of rotatable bonds is 4. The highest BCUT2D eigenvalue weighted by atomic mass is 16.4. The van der Waals surface area contributed by atoms with E-state index in [1.54, 1.807) is 18.2 Å². The topological polar surface area (TPSA) is 108 Å². The maximum absolute atomic E-state index is 12.1. The molecular weight excluding hydrogens is 274 g/mol. The minimum absolute atomic E-state index is 0.220. The SMILES string of the molecule is O=C(N[C@H]1CCC[C@H]1C(=O)O)c1cc(-c2ccco2)[nH]n1. The smallest absolute Gasteiger partial charge is 0.308 e. The summed E-state index contributed by atoms with van der Waals surface area (Å²) in [5, 5.41) is 18.5. The normalized spacial score (nSPS) is 21.3. The van der Waals surface area contributed by atoms with Gasteiger partial charge >= 0.3 is 5.97 Å². The van der Waals surface area contributed by atoms with Gasteiger partial charge in [-0.15, -0.1) is 0 Å². The largest absolute Gasteiger partial charge is 0.481 e. The van der Waals surface area contributed by atoms with Crippen molar-refractivity contribution in [1.29, 1.82) is 0 Å². The molecule has 1 aliphatic carbocycles. The van der Waals surface area contributed by atoms with E-state index in [1.165, 1.54) is 6.26 Å². The highest BCUT2D eigenvalue weighted by Gasteiger charge is 2.34. The van der Waals surface area contributed by atoms with Gasteiger partial charge < -0.3 is 14.8 Å². The fraction of sp³-hybridized carbons (Fsp3) is 0.357. The number of carboxylic acids is 1. The molecule has 2 aromatic heterocycles. The summed E-state index contributed by atoms with van der Waals surface area (Å²) in [5.74, 6) is -1.17. The predicted molar refractivity (Wildman–Crippen MR) is 72.5 cm³/mol. The number of carboxylic acid groups (broad SMARTS) is 1. The van der Waals surface area contributed by atoms with E-state index in [0.29, 0.717) is 24.3 Å². The van der Waals surface area contributed by atoms with E-state index in [4.69, 9.17) is 9.52 Å². The molecule has 1 fully saturated rings. The zero-order chi connectivity index (χ0) is 14.8. The van der Waals surface area contributed by atoms with Crippen LogP contribution in [-0.4, -0.2) is 33.2 Å². The molecule has 21 heavy (non-hydrogen) atoms. The third kappa shape index (κ3) is 2.67. The molecule has 0 spiro atoms. The first-order valence-corrected chi connectivity index (χ1v) is 6.78. The van der Waals surface area contributed by atoms with Gasteiger partial charge in [-0.1, -0.05) is 6.42 Å². The number of carbonyl (C=O) groups is 2. The molecule has 2 heterocycles. The number of aromatic nitrogens is 2. The van der Waals surface area contributed by atoms with Gasteiger partial charge in [0.05, 0.1) is 12.2 Å². The number of nitrogens with zero attached hydrogens (tertiary/aromatic N) is 1. The Balaban J connectivity index is 1.70. The number of aromatic amines is 1. The molecule has 7 heteroatoms. The second kappa shape index (κ2) is 5.43. The van der Waals surface area contributed by atoms with E-state index in [0.717, 1.165) is 6.42 Å². The van der Waals surface area contributed by atoms with E-state index in [-0.39, 0.29) is 17.6 Å². The first-order chi connectivity index (χ1) is 10.1. The molecule has 1 saturated carbocycles. The number of hydrogen-bond donors (Lipinski definition) is 3. The Bertz CT molecular complexity index is 647. The molecule has 7 nitrogen and oxygen atoms in total. The number of carbonyl (C=O) groups excluding carboxylic acids is 1. The molecule has 1 amide bonds. The number of amides is 1. The van der Waals surface area contributed by atoms with E-state index in [9.17, 15) is 9.59 Å². The van der Waals surface area contributed by atoms with Crippen LogP contribution in [-0.2, 0) is 4.79 Å². The average molecular weight is 289 g/mol. The second-order valence-corrected chi connectivity index (χ2v) is 5.10.